The lowest BCUT2D eigenvalue weighted by Crippen LogP contribution is -2.42. The summed E-state index contributed by atoms with van der Waals surface area (Å²) in [6, 6.07) is 16.7. The number of benzene rings is 3. The molecule has 0 fully saturated rings. The van der Waals surface area contributed by atoms with Crippen molar-refractivity contribution in [2.45, 2.75) is 17.9 Å². The molecule has 0 aliphatic carbocycles. The Hall–Kier alpha value is -5.02. The lowest BCUT2D eigenvalue weighted by atomic mass is 10.1. The maximum Gasteiger partial charge on any atom is 0.314 e. The van der Waals surface area contributed by atoms with Gasteiger partial charge in [0, 0.05) is 37.0 Å². The summed E-state index contributed by atoms with van der Waals surface area (Å²) in [7, 11) is -3.33. The molecule has 0 radical (unpaired) electrons. The van der Waals surface area contributed by atoms with Gasteiger partial charge < -0.3 is 16.0 Å². The fraction of sp³-hybridized carbons (Fsp3) is 0.133. The molecule has 0 bridgehead atoms. The lowest BCUT2D eigenvalue weighted by Gasteiger charge is -2.14. The molecule has 0 aliphatic heterocycles. The van der Waals surface area contributed by atoms with Crippen molar-refractivity contribution in [2.24, 2.45) is 0 Å². The summed E-state index contributed by atoms with van der Waals surface area (Å²) >= 11 is 1.23. The third kappa shape index (κ3) is 7.05. The number of thiazole rings is 1. The second-order valence-corrected chi connectivity index (χ2v) is 12.3. The monoisotopic (exact) mass is 653 g/mol. The average molecular weight is 654 g/mol. The molecular formula is C30H26F3N7O3S2. The van der Waals surface area contributed by atoms with Crippen molar-refractivity contribution in [3.63, 3.8) is 0 Å². The van der Waals surface area contributed by atoms with Crippen LogP contribution >= 0.6 is 11.3 Å². The van der Waals surface area contributed by atoms with Crippen molar-refractivity contribution >= 4 is 39.0 Å². The molecule has 15 heteroatoms. The van der Waals surface area contributed by atoms with E-state index < -0.39 is 38.1 Å². The molecule has 2 amide bonds. The van der Waals surface area contributed by atoms with Crippen molar-refractivity contribution in [3.05, 3.63) is 96.4 Å². The molecule has 10 nitrogen and oxygen atoms in total. The van der Waals surface area contributed by atoms with Crippen molar-refractivity contribution in [2.75, 3.05) is 23.6 Å². The topological polar surface area (TPSA) is 138 Å². The van der Waals surface area contributed by atoms with E-state index in [2.05, 4.69) is 25.9 Å². The van der Waals surface area contributed by atoms with E-state index in [0.29, 0.717) is 22.1 Å². The predicted octanol–water partition coefficient (Wildman–Crippen LogP) is 5.88. The minimum Gasteiger partial charge on any atom is -0.352 e. The molecule has 2 aromatic heterocycles. The maximum absolute atomic E-state index is 16.1. The van der Waals surface area contributed by atoms with Crippen LogP contribution < -0.4 is 20.7 Å². The zero-order valence-corrected chi connectivity index (χ0v) is 25.4. The Morgan fingerprint density at radius 1 is 0.933 bits per heavy atom. The Balaban J connectivity index is 1.54. The molecule has 0 unspecified atom stereocenters. The molecular weight excluding hydrogens is 628 g/mol. The smallest absolute Gasteiger partial charge is 0.314 e. The van der Waals surface area contributed by atoms with Gasteiger partial charge in [-0.2, -0.15) is 0 Å². The van der Waals surface area contributed by atoms with Gasteiger partial charge in [0.1, 0.15) is 16.6 Å². The molecule has 4 N–H and O–H groups in total. The highest BCUT2D eigenvalue weighted by atomic mass is 32.2. The number of carbonyl (C=O) groups excluding carboxylic acids is 1. The van der Waals surface area contributed by atoms with Crippen LogP contribution in [-0.4, -0.2) is 49.0 Å². The van der Waals surface area contributed by atoms with E-state index in [0.717, 1.165) is 29.8 Å². The Labute approximate surface area is 260 Å². The minimum atomic E-state index is -4.84. The van der Waals surface area contributed by atoms with Gasteiger partial charge in [-0.1, -0.05) is 42.5 Å². The highest BCUT2D eigenvalue weighted by molar-refractivity contribution is 7.92. The van der Waals surface area contributed by atoms with Crippen molar-refractivity contribution in [3.8, 4) is 32.4 Å². The largest absolute Gasteiger partial charge is 0.352 e. The van der Waals surface area contributed by atoms with Gasteiger partial charge in [-0.05, 0) is 37.3 Å². The molecule has 0 saturated carbocycles. The number of hydrogen-bond acceptors (Lipinski definition) is 8. The van der Waals surface area contributed by atoms with Crippen LogP contribution in [0.15, 0.2) is 83.9 Å². The first-order chi connectivity index (χ1) is 21.6. The quantitative estimate of drug-likeness (QED) is 0.148. The highest BCUT2D eigenvalue weighted by Gasteiger charge is 2.27. The molecule has 0 saturated heterocycles. The number of amides is 2. The van der Waals surface area contributed by atoms with Gasteiger partial charge in [0.05, 0.1) is 22.0 Å². The van der Waals surface area contributed by atoms with Crippen LogP contribution in [0.3, 0.4) is 0 Å². The van der Waals surface area contributed by atoms with Gasteiger partial charge in [-0.25, -0.2) is 41.3 Å². The van der Waals surface area contributed by atoms with Crippen LogP contribution in [0.4, 0.5) is 29.6 Å². The van der Waals surface area contributed by atoms with E-state index in [1.54, 1.807) is 13.0 Å². The summed E-state index contributed by atoms with van der Waals surface area (Å²) in [6.45, 7) is 2.10. The van der Waals surface area contributed by atoms with Crippen molar-refractivity contribution < 1.29 is 26.4 Å². The first-order valence-corrected chi connectivity index (χ1v) is 15.7. The summed E-state index contributed by atoms with van der Waals surface area (Å²) in [5.41, 5.74) is 0.706. The van der Waals surface area contributed by atoms with Crippen LogP contribution in [0, 0.1) is 17.5 Å². The SMILES string of the molecule is CNC(=O)N[C@@H](C)CNc1nccc(-c2sc(-c3ccccc3)nc2-c2cccc(NS(=O)(=O)c3c(F)cccc3F)c2F)n1. The third-order valence-corrected chi connectivity index (χ3v) is 8.94. The number of halogens is 3. The van der Waals surface area contributed by atoms with Gasteiger partial charge >= 0.3 is 6.03 Å². The summed E-state index contributed by atoms with van der Waals surface area (Å²) in [4.78, 5) is 24.4. The zero-order chi connectivity index (χ0) is 32.1. The molecule has 5 aromatic rings. The van der Waals surface area contributed by atoms with Crippen LogP contribution in [0.1, 0.15) is 6.92 Å². The number of rotatable bonds is 10. The molecule has 5 rings (SSSR count). The highest BCUT2D eigenvalue weighted by Crippen LogP contribution is 2.42. The number of urea groups is 1. The first-order valence-electron chi connectivity index (χ1n) is 13.4. The molecule has 232 valence electrons. The van der Waals surface area contributed by atoms with E-state index in [1.165, 1.54) is 36.7 Å². The number of carbonyl (C=O) groups is 1. The number of nitrogens with one attached hydrogen (secondary N) is 4. The number of aromatic nitrogens is 3. The van der Waals surface area contributed by atoms with Gasteiger partial charge in [0.2, 0.25) is 5.95 Å². The van der Waals surface area contributed by atoms with Crippen molar-refractivity contribution in [1.29, 1.82) is 0 Å². The van der Waals surface area contributed by atoms with Crippen LogP contribution in [0.25, 0.3) is 32.4 Å². The Morgan fingerprint density at radius 2 is 1.64 bits per heavy atom. The zero-order valence-electron chi connectivity index (χ0n) is 23.8. The maximum atomic E-state index is 16.1. The van der Waals surface area contributed by atoms with Gasteiger partial charge in [-0.3, -0.25) is 4.72 Å². The van der Waals surface area contributed by atoms with E-state index >= 15 is 4.39 Å². The van der Waals surface area contributed by atoms with E-state index in [1.807, 2.05) is 35.1 Å². The molecule has 0 spiro atoms. The lowest BCUT2D eigenvalue weighted by molar-refractivity contribution is 0.240. The fourth-order valence-corrected chi connectivity index (χ4v) is 6.52. The Bertz CT molecular complexity index is 1940. The fourth-order valence-electron chi connectivity index (χ4n) is 4.27. The predicted molar refractivity (Wildman–Crippen MR) is 167 cm³/mol. The van der Waals surface area contributed by atoms with Gasteiger partial charge in [0.25, 0.3) is 10.0 Å². The van der Waals surface area contributed by atoms with Crippen LogP contribution in [-0.2, 0) is 10.0 Å². The number of nitrogens with zero attached hydrogens (tertiary/aromatic N) is 3. The standard InChI is InChI=1S/C30H26F3N7O3S2/c1-17(37-30(41)34-2)16-36-29-35-15-14-23(38-29)26-25(39-28(44-26)18-8-4-3-5-9-18)19-10-6-13-22(24(19)33)40-45(42,43)27-20(31)11-7-12-21(27)32/h3-15,17,40H,16H2,1-2H3,(H2,34,37,41)(H,35,36,38)/t17-/m0/s1. The van der Waals surface area contributed by atoms with E-state index in [4.69, 9.17) is 4.98 Å². The molecule has 1 atom stereocenters. The first kappa shape index (κ1) is 31.4. The van der Waals surface area contributed by atoms with Gasteiger partial charge in [0.15, 0.2) is 10.7 Å². The second kappa shape index (κ2) is 13.3. The minimum absolute atomic E-state index is 0.0749. The normalized spacial score (nSPS) is 11.9. The number of anilines is 2. The molecule has 3 aromatic carbocycles. The second-order valence-electron chi connectivity index (χ2n) is 9.66. The summed E-state index contributed by atoms with van der Waals surface area (Å²) in [5.74, 6) is -3.40. The number of sulfonamides is 1. The van der Waals surface area contributed by atoms with Crippen molar-refractivity contribution in [1.82, 2.24) is 25.6 Å². The number of hydrogen-bond donors (Lipinski definition) is 4. The molecule has 2 heterocycles. The summed E-state index contributed by atoms with van der Waals surface area (Å²) < 4.78 is 72.5. The van der Waals surface area contributed by atoms with E-state index in [9.17, 15) is 22.0 Å². The Morgan fingerprint density at radius 3 is 2.36 bits per heavy atom. The van der Waals surface area contributed by atoms with E-state index in [-0.39, 0.29) is 29.3 Å². The molecule has 0 aliphatic rings. The average Bonchev–Trinajstić information content (AvgIpc) is 3.47. The Kier molecular flexibility index (Phi) is 9.29. The molecule has 45 heavy (non-hydrogen) atoms. The van der Waals surface area contributed by atoms with Gasteiger partial charge in [-0.15, -0.1) is 11.3 Å². The van der Waals surface area contributed by atoms with Crippen LogP contribution in [0.2, 0.25) is 0 Å². The third-order valence-electron chi connectivity index (χ3n) is 6.39. The summed E-state index contributed by atoms with van der Waals surface area (Å²) in [5, 5.41) is 8.81. The summed E-state index contributed by atoms with van der Waals surface area (Å²) in [6.07, 6.45) is 1.51. The van der Waals surface area contributed by atoms with Crippen LogP contribution in [0.5, 0.6) is 0 Å².